The zero-order valence-corrected chi connectivity index (χ0v) is 17.6. The molecule has 4 aromatic rings. The first-order valence-corrected chi connectivity index (χ1v) is 10.0. The molecule has 30 heavy (non-hydrogen) atoms. The lowest BCUT2D eigenvalue weighted by Crippen LogP contribution is -2.09. The standard InChI is InChI=1S/C24H22ClNO4/c1-15-22(24(28)29-2)19-13-21(27)17-8-4-5-9-18(17)23(19)26(15)11-12-30-14-16-7-3-6-10-20(16)25/h3-10,13,27H,11-12,14H2,1-2H3. The molecule has 154 valence electrons. The van der Waals surface area contributed by atoms with E-state index in [-0.39, 0.29) is 5.75 Å². The predicted molar refractivity (Wildman–Crippen MR) is 118 cm³/mol. The first-order valence-electron chi connectivity index (χ1n) is 9.66. The molecule has 0 aliphatic carbocycles. The van der Waals surface area contributed by atoms with Crippen LogP contribution in [0.2, 0.25) is 5.02 Å². The number of nitrogens with zero attached hydrogens (tertiary/aromatic N) is 1. The number of esters is 1. The van der Waals surface area contributed by atoms with Crippen molar-refractivity contribution < 1.29 is 19.4 Å². The van der Waals surface area contributed by atoms with Gasteiger partial charge >= 0.3 is 5.97 Å². The fourth-order valence-corrected chi connectivity index (χ4v) is 4.10. The van der Waals surface area contributed by atoms with Gasteiger partial charge in [-0.25, -0.2) is 4.79 Å². The maximum Gasteiger partial charge on any atom is 0.340 e. The Morgan fingerprint density at radius 1 is 1.07 bits per heavy atom. The van der Waals surface area contributed by atoms with Crippen molar-refractivity contribution in [1.82, 2.24) is 4.57 Å². The highest BCUT2D eigenvalue weighted by molar-refractivity contribution is 6.31. The van der Waals surface area contributed by atoms with Crippen LogP contribution in [-0.4, -0.2) is 29.4 Å². The van der Waals surface area contributed by atoms with Crippen molar-refractivity contribution in [3.8, 4) is 5.75 Å². The average molecular weight is 424 g/mol. The molecule has 5 nitrogen and oxygen atoms in total. The van der Waals surface area contributed by atoms with Crippen LogP contribution in [-0.2, 0) is 22.6 Å². The van der Waals surface area contributed by atoms with E-state index in [4.69, 9.17) is 21.1 Å². The second-order valence-corrected chi connectivity index (χ2v) is 7.49. The van der Waals surface area contributed by atoms with Gasteiger partial charge in [-0.15, -0.1) is 0 Å². The van der Waals surface area contributed by atoms with Gasteiger partial charge in [0, 0.05) is 33.4 Å². The Hall–Kier alpha value is -3.02. The zero-order valence-electron chi connectivity index (χ0n) is 16.8. The van der Waals surface area contributed by atoms with E-state index in [1.807, 2.05) is 55.5 Å². The molecular formula is C24H22ClNO4. The molecule has 1 aromatic heterocycles. The molecule has 0 bridgehead atoms. The number of rotatable bonds is 6. The molecule has 0 radical (unpaired) electrons. The molecule has 0 saturated heterocycles. The molecule has 3 aromatic carbocycles. The van der Waals surface area contributed by atoms with E-state index in [1.165, 1.54) is 7.11 Å². The summed E-state index contributed by atoms with van der Waals surface area (Å²) in [7, 11) is 1.36. The smallest absolute Gasteiger partial charge is 0.340 e. The minimum atomic E-state index is -0.428. The first-order chi connectivity index (χ1) is 14.5. The van der Waals surface area contributed by atoms with Crippen molar-refractivity contribution in [1.29, 1.82) is 0 Å². The number of methoxy groups -OCH3 is 1. The van der Waals surface area contributed by atoms with Gasteiger partial charge in [-0.2, -0.15) is 0 Å². The molecule has 0 saturated carbocycles. The van der Waals surface area contributed by atoms with Gasteiger partial charge in [-0.1, -0.05) is 54.1 Å². The van der Waals surface area contributed by atoms with Crippen LogP contribution < -0.4 is 0 Å². The molecule has 4 rings (SSSR count). The van der Waals surface area contributed by atoms with Crippen LogP contribution in [0.15, 0.2) is 54.6 Å². The Balaban J connectivity index is 1.73. The number of benzene rings is 3. The number of hydrogen-bond acceptors (Lipinski definition) is 4. The lowest BCUT2D eigenvalue weighted by atomic mass is 10.0. The number of halogens is 1. The van der Waals surface area contributed by atoms with E-state index in [2.05, 4.69) is 4.57 Å². The Labute approximate surface area is 179 Å². The van der Waals surface area contributed by atoms with E-state index in [9.17, 15) is 9.90 Å². The minimum Gasteiger partial charge on any atom is -0.507 e. The summed E-state index contributed by atoms with van der Waals surface area (Å²) in [6.07, 6.45) is 0. The molecule has 0 aliphatic heterocycles. The van der Waals surface area contributed by atoms with E-state index in [1.54, 1.807) is 6.07 Å². The number of aromatic hydroxyl groups is 1. The van der Waals surface area contributed by atoms with Gasteiger partial charge in [0.25, 0.3) is 0 Å². The van der Waals surface area contributed by atoms with Crippen LogP contribution in [0, 0.1) is 6.92 Å². The van der Waals surface area contributed by atoms with Gasteiger partial charge in [0.05, 0.1) is 31.4 Å². The topological polar surface area (TPSA) is 60.7 Å². The zero-order chi connectivity index (χ0) is 21.3. The van der Waals surface area contributed by atoms with Crippen LogP contribution in [0.25, 0.3) is 21.7 Å². The number of carbonyl (C=O) groups is 1. The third kappa shape index (κ3) is 3.51. The molecule has 1 heterocycles. The number of hydrogen-bond donors (Lipinski definition) is 1. The van der Waals surface area contributed by atoms with Gasteiger partial charge in [0.1, 0.15) is 5.75 Å². The van der Waals surface area contributed by atoms with Crippen LogP contribution >= 0.6 is 11.6 Å². The van der Waals surface area contributed by atoms with Crippen molar-refractivity contribution >= 4 is 39.2 Å². The first kappa shape index (κ1) is 20.3. The third-order valence-corrected chi connectivity index (χ3v) is 5.73. The molecule has 0 amide bonds. The summed E-state index contributed by atoms with van der Waals surface area (Å²) < 4.78 is 12.9. The predicted octanol–water partition coefficient (Wildman–Crippen LogP) is 5.47. The lowest BCUT2D eigenvalue weighted by Gasteiger charge is -2.12. The highest BCUT2D eigenvalue weighted by Gasteiger charge is 2.23. The molecule has 6 heteroatoms. The normalized spacial score (nSPS) is 11.3. The summed E-state index contributed by atoms with van der Waals surface area (Å²) in [5, 5.41) is 13.5. The quantitative estimate of drug-likeness (QED) is 0.330. The molecule has 0 aliphatic rings. The van der Waals surface area contributed by atoms with E-state index < -0.39 is 5.97 Å². The average Bonchev–Trinajstić information content (AvgIpc) is 3.03. The molecule has 1 N–H and O–H groups in total. The second-order valence-electron chi connectivity index (χ2n) is 7.09. The van der Waals surface area contributed by atoms with Crippen molar-refractivity contribution in [3.63, 3.8) is 0 Å². The number of phenolic OH excluding ortho intramolecular Hbond substituents is 1. The second kappa shape index (κ2) is 8.38. The molecular weight excluding hydrogens is 402 g/mol. The number of phenols is 1. The van der Waals surface area contributed by atoms with Crippen LogP contribution in [0.5, 0.6) is 5.75 Å². The highest BCUT2D eigenvalue weighted by Crippen LogP contribution is 2.37. The van der Waals surface area contributed by atoms with Crippen LogP contribution in [0.1, 0.15) is 21.6 Å². The van der Waals surface area contributed by atoms with Crippen molar-refractivity contribution in [2.24, 2.45) is 0 Å². The largest absolute Gasteiger partial charge is 0.507 e. The Morgan fingerprint density at radius 3 is 2.50 bits per heavy atom. The summed E-state index contributed by atoms with van der Waals surface area (Å²) in [5.74, 6) is -0.293. The Bertz CT molecular complexity index is 1250. The van der Waals surface area contributed by atoms with Gasteiger partial charge in [-0.05, 0) is 24.6 Å². The SMILES string of the molecule is COC(=O)c1c(C)n(CCOCc2ccccc2Cl)c2c1cc(O)c1ccccc12. The fraction of sp³-hybridized carbons (Fsp3) is 0.208. The number of ether oxygens (including phenoxy) is 2. The van der Waals surface area contributed by atoms with E-state index in [0.717, 1.165) is 27.5 Å². The van der Waals surface area contributed by atoms with Crippen molar-refractivity contribution in [2.45, 2.75) is 20.1 Å². The van der Waals surface area contributed by atoms with Gasteiger partial charge in [0.15, 0.2) is 0 Å². The summed E-state index contributed by atoms with van der Waals surface area (Å²) >= 11 is 6.20. The van der Waals surface area contributed by atoms with Crippen LogP contribution in [0.3, 0.4) is 0 Å². The highest BCUT2D eigenvalue weighted by atomic mass is 35.5. The minimum absolute atomic E-state index is 0.135. The molecule has 0 unspecified atom stereocenters. The van der Waals surface area contributed by atoms with Crippen LogP contribution in [0.4, 0.5) is 0 Å². The van der Waals surface area contributed by atoms with Crippen molar-refractivity contribution in [3.05, 3.63) is 76.4 Å². The lowest BCUT2D eigenvalue weighted by molar-refractivity contribution is 0.0601. The molecule has 0 fully saturated rings. The maximum atomic E-state index is 12.5. The summed E-state index contributed by atoms with van der Waals surface area (Å²) in [6.45, 7) is 3.26. The van der Waals surface area contributed by atoms with Gasteiger partial charge in [-0.3, -0.25) is 0 Å². The summed E-state index contributed by atoms with van der Waals surface area (Å²) in [4.78, 5) is 12.5. The fourth-order valence-electron chi connectivity index (χ4n) is 3.91. The Kier molecular flexibility index (Phi) is 5.66. The Morgan fingerprint density at radius 2 is 1.77 bits per heavy atom. The maximum absolute atomic E-state index is 12.5. The van der Waals surface area contributed by atoms with E-state index >= 15 is 0 Å². The van der Waals surface area contributed by atoms with Gasteiger partial charge < -0.3 is 19.1 Å². The third-order valence-electron chi connectivity index (χ3n) is 5.36. The molecule has 0 atom stereocenters. The monoisotopic (exact) mass is 423 g/mol. The van der Waals surface area contributed by atoms with Crippen molar-refractivity contribution in [2.75, 3.05) is 13.7 Å². The van der Waals surface area contributed by atoms with E-state index in [0.29, 0.717) is 35.7 Å². The number of fused-ring (bicyclic) bond motifs is 3. The summed E-state index contributed by atoms with van der Waals surface area (Å²) in [6, 6.07) is 16.8. The number of carbonyl (C=O) groups excluding carboxylic acids is 1. The summed E-state index contributed by atoms with van der Waals surface area (Å²) in [5.41, 5.74) is 3.04. The van der Waals surface area contributed by atoms with Gasteiger partial charge in [0.2, 0.25) is 0 Å². The molecule has 0 spiro atoms. The number of aromatic nitrogens is 1.